The third-order valence-corrected chi connectivity index (χ3v) is 4.18. The lowest BCUT2D eigenvalue weighted by molar-refractivity contribution is 0.184. The molecule has 0 atom stereocenters. The summed E-state index contributed by atoms with van der Waals surface area (Å²) in [6.45, 7) is 6.30. The fourth-order valence-electron chi connectivity index (χ4n) is 2.25. The second-order valence-corrected chi connectivity index (χ2v) is 6.51. The molecule has 0 aliphatic rings. The number of nitriles is 1. The Morgan fingerprint density at radius 3 is 2.88 bits per heavy atom. The Labute approximate surface area is 166 Å². The molecule has 0 amide bonds. The van der Waals surface area contributed by atoms with Crippen molar-refractivity contribution in [3.05, 3.63) is 62.9 Å². The quantitative estimate of drug-likeness (QED) is 0.278. The molecule has 134 valence electrons. The molecule has 7 heteroatoms. The predicted molar refractivity (Wildman–Crippen MR) is 110 cm³/mol. The minimum Gasteiger partial charge on any atom is -0.488 e. The van der Waals surface area contributed by atoms with Crippen molar-refractivity contribution in [2.24, 2.45) is 5.10 Å². The summed E-state index contributed by atoms with van der Waals surface area (Å²) in [7, 11) is 1.59. The van der Waals surface area contributed by atoms with Gasteiger partial charge in [0.2, 0.25) is 0 Å². The topological polar surface area (TPSA) is 79.5 Å². The number of aryl methyl sites for hydroxylation is 1. The van der Waals surface area contributed by atoms with E-state index in [1.54, 1.807) is 19.4 Å². The van der Waals surface area contributed by atoms with Gasteiger partial charge in [-0.2, -0.15) is 10.4 Å². The van der Waals surface area contributed by atoms with Crippen LogP contribution in [-0.4, -0.2) is 24.9 Å². The van der Waals surface area contributed by atoms with E-state index >= 15 is 0 Å². The zero-order valence-corrected chi connectivity index (χ0v) is 16.8. The molecule has 0 aliphatic carbocycles. The minimum absolute atomic E-state index is 0.342. The van der Waals surface area contributed by atoms with Crippen LogP contribution in [0.1, 0.15) is 22.4 Å². The fourth-order valence-corrected chi connectivity index (χ4v) is 2.94. The van der Waals surface area contributed by atoms with Crippen molar-refractivity contribution < 1.29 is 9.47 Å². The lowest BCUT2D eigenvalue weighted by Crippen LogP contribution is -2.03. The van der Waals surface area contributed by atoms with Crippen molar-refractivity contribution in [2.75, 3.05) is 19.1 Å². The number of pyridine rings is 1. The Balaban J connectivity index is 2.17. The van der Waals surface area contributed by atoms with Gasteiger partial charge in [-0.1, -0.05) is 12.7 Å². The van der Waals surface area contributed by atoms with E-state index in [4.69, 9.17) is 9.47 Å². The summed E-state index contributed by atoms with van der Waals surface area (Å²) in [4.78, 5) is 4.35. The maximum atomic E-state index is 9.41. The first-order chi connectivity index (χ1) is 12.6. The molecule has 0 unspecified atom stereocenters. The van der Waals surface area contributed by atoms with Crippen LogP contribution in [-0.2, 0) is 11.3 Å². The molecule has 26 heavy (non-hydrogen) atoms. The Bertz CT molecular complexity index is 859. The van der Waals surface area contributed by atoms with Gasteiger partial charge in [-0.3, -0.25) is 5.43 Å². The molecular weight excluding hydrogens is 443 g/mol. The van der Waals surface area contributed by atoms with Gasteiger partial charge < -0.3 is 9.47 Å². The van der Waals surface area contributed by atoms with Gasteiger partial charge >= 0.3 is 0 Å². The molecule has 0 saturated carbocycles. The molecule has 1 aromatic heterocycles. The van der Waals surface area contributed by atoms with E-state index in [2.05, 4.69) is 50.8 Å². The highest BCUT2D eigenvalue weighted by atomic mass is 127. The van der Waals surface area contributed by atoms with Gasteiger partial charge in [0.25, 0.3) is 0 Å². The number of aromatic nitrogens is 1. The fraction of sp³-hybridized carbons (Fsp3) is 0.211. The summed E-state index contributed by atoms with van der Waals surface area (Å²) >= 11 is 2.21. The van der Waals surface area contributed by atoms with Crippen LogP contribution in [0, 0.1) is 21.8 Å². The number of hydrogen-bond acceptors (Lipinski definition) is 6. The van der Waals surface area contributed by atoms with Crippen molar-refractivity contribution in [3.8, 4) is 11.8 Å². The number of hydrogen-bond donors (Lipinski definition) is 1. The first-order valence-corrected chi connectivity index (χ1v) is 8.88. The van der Waals surface area contributed by atoms with E-state index in [-0.39, 0.29) is 0 Å². The molecule has 1 N–H and O–H groups in total. The van der Waals surface area contributed by atoms with Crippen LogP contribution in [0.5, 0.6) is 5.75 Å². The zero-order valence-electron chi connectivity index (χ0n) is 14.6. The molecule has 1 aromatic carbocycles. The zero-order chi connectivity index (χ0) is 18.9. The van der Waals surface area contributed by atoms with Crippen molar-refractivity contribution >= 4 is 34.6 Å². The highest BCUT2D eigenvalue weighted by Crippen LogP contribution is 2.22. The summed E-state index contributed by atoms with van der Waals surface area (Å²) < 4.78 is 11.7. The first-order valence-electron chi connectivity index (χ1n) is 7.81. The van der Waals surface area contributed by atoms with Gasteiger partial charge in [-0.05, 0) is 59.3 Å². The summed E-state index contributed by atoms with van der Waals surface area (Å²) in [6.07, 6.45) is 3.37. The van der Waals surface area contributed by atoms with E-state index in [1.807, 2.05) is 31.2 Å². The Kier molecular flexibility index (Phi) is 7.56. The standard InChI is InChI=1S/C19H19IN4O2/c1-4-7-26-18-6-5-14(9-17(18)20)11-22-24-19-16(10-21)15(12-25-3)8-13(2)23-19/h4-6,8-9,11H,1,7,12H2,2-3H3,(H,23,24)/b22-11+. The molecule has 0 fully saturated rings. The minimum atomic E-state index is 0.342. The Morgan fingerprint density at radius 1 is 1.42 bits per heavy atom. The average Bonchev–Trinajstić information content (AvgIpc) is 2.61. The molecular formula is C19H19IN4O2. The van der Waals surface area contributed by atoms with Crippen molar-refractivity contribution in [2.45, 2.75) is 13.5 Å². The van der Waals surface area contributed by atoms with Crippen LogP contribution in [0.15, 0.2) is 42.0 Å². The predicted octanol–water partition coefficient (Wildman–Crippen LogP) is 4.02. The van der Waals surface area contributed by atoms with Gasteiger partial charge in [0.15, 0.2) is 5.82 Å². The number of ether oxygens (including phenoxy) is 2. The normalized spacial score (nSPS) is 10.5. The number of nitrogens with one attached hydrogen (secondary N) is 1. The maximum Gasteiger partial charge on any atom is 0.164 e. The highest BCUT2D eigenvalue weighted by Gasteiger charge is 2.10. The van der Waals surface area contributed by atoms with E-state index in [0.717, 1.165) is 26.1 Å². The average molecular weight is 462 g/mol. The van der Waals surface area contributed by atoms with Gasteiger partial charge in [0, 0.05) is 18.4 Å². The van der Waals surface area contributed by atoms with E-state index in [0.29, 0.717) is 24.6 Å². The van der Waals surface area contributed by atoms with E-state index in [1.165, 1.54) is 0 Å². The molecule has 0 radical (unpaired) electrons. The van der Waals surface area contributed by atoms with Crippen LogP contribution in [0.25, 0.3) is 0 Å². The summed E-state index contributed by atoms with van der Waals surface area (Å²) in [6, 6.07) is 9.73. The number of nitrogens with zero attached hydrogens (tertiary/aromatic N) is 3. The molecule has 0 spiro atoms. The van der Waals surface area contributed by atoms with Gasteiger partial charge in [0.1, 0.15) is 24.0 Å². The smallest absolute Gasteiger partial charge is 0.164 e. The molecule has 2 rings (SSSR count). The van der Waals surface area contributed by atoms with Crippen molar-refractivity contribution in [1.82, 2.24) is 4.98 Å². The third-order valence-electron chi connectivity index (χ3n) is 3.34. The second kappa shape index (κ2) is 9.89. The summed E-state index contributed by atoms with van der Waals surface area (Å²) in [5.74, 6) is 1.21. The number of anilines is 1. The molecule has 2 aromatic rings. The van der Waals surface area contributed by atoms with Crippen LogP contribution >= 0.6 is 22.6 Å². The number of methoxy groups -OCH3 is 1. The molecule has 0 aliphatic heterocycles. The SMILES string of the molecule is C=CCOc1ccc(/C=N/Nc2nc(C)cc(COC)c2C#N)cc1I. The highest BCUT2D eigenvalue weighted by molar-refractivity contribution is 14.1. The van der Waals surface area contributed by atoms with E-state index < -0.39 is 0 Å². The summed E-state index contributed by atoms with van der Waals surface area (Å²) in [5, 5.41) is 13.6. The van der Waals surface area contributed by atoms with Crippen LogP contribution in [0.4, 0.5) is 5.82 Å². The lowest BCUT2D eigenvalue weighted by atomic mass is 10.1. The molecule has 0 bridgehead atoms. The second-order valence-electron chi connectivity index (χ2n) is 5.35. The number of rotatable bonds is 8. The summed E-state index contributed by atoms with van der Waals surface area (Å²) in [5.41, 5.74) is 5.74. The molecule has 1 heterocycles. The number of hydrazone groups is 1. The first kappa shape index (κ1) is 19.9. The van der Waals surface area contributed by atoms with Gasteiger partial charge in [-0.15, -0.1) is 0 Å². The van der Waals surface area contributed by atoms with Crippen molar-refractivity contribution in [3.63, 3.8) is 0 Å². The van der Waals surface area contributed by atoms with Crippen LogP contribution in [0.3, 0.4) is 0 Å². The lowest BCUT2D eigenvalue weighted by Gasteiger charge is -2.09. The van der Waals surface area contributed by atoms with E-state index in [9.17, 15) is 5.26 Å². The monoisotopic (exact) mass is 462 g/mol. The van der Waals surface area contributed by atoms with Crippen LogP contribution in [0.2, 0.25) is 0 Å². The Morgan fingerprint density at radius 2 is 2.23 bits per heavy atom. The molecule has 0 saturated heterocycles. The van der Waals surface area contributed by atoms with Crippen LogP contribution < -0.4 is 10.2 Å². The van der Waals surface area contributed by atoms with Crippen molar-refractivity contribution in [1.29, 1.82) is 5.26 Å². The maximum absolute atomic E-state index is 9.41. The van der Waals surface area contributed by atoms with Gasteiger partial charge in [-0.25, -0.2) is 4.98 Å². The molecule has 6 nitrogen and oxygen atoms in total. The third kappa shape index (κ3) is 5.28. The van der Waals surface area contributed by atoms with Gasteiger partial charge in [0.05, 0.1) is 16.4 Å². The number of benzene rings is 1. The number of halogens is 1. The Hall–Kier alpha value is -2.44. The largest absolute Gasteiger partial charge is 0.488 e.